The zero-order valence-electron chi connectivity index (χ0n) is 19.3. The molecule has 0 saturated carbocycles. The maximum atomic E-state index is 11.2. The number of rotatable bonds is 13. The van der Waals surface area contributed by atoms with E-state index < -0.39 is 7.26 Å². The van der Waals surface area contributed by atoms with Crippen LogP contribution in [0.25, 0.3) is 0 Å². The fraction of sp³-hybridized carbons (Fsp3) is 0.345. The highest BCUT2D eigenvalue weighted by atomic mass is 31.2. The molecule has 0 aliphatic carbocycles. The quantitative estimate of drug-likeness (QED) is 0.175. The molecule has 0 unspecified atom stereocenters. The summed E-state index contributed by atoms with van der Waals surface area (Å²) in [7, 11) is -0.222. The van der Waals surface area contributed by atoms with E-state index in [0.717, 1.165) is 12.8 Å². The van der Waals surface area contributed by atoms with Crippen LogP contribution in [0.1, 0.15) is 51.4 Å². The van der Waals surface area contributed by atoms with Crippen LogP contribution >= 0.6 is 7.26 Å². The molecule has 0 amide bonds. The first-order valence-corrected chi connectivity index (χ1v) is 13.9. The van der Waals surface area contributed by atoms with Gasteiger partial charge in [0, 0.05) is 6.42 Å². The topological polar surface area (TPSA) is 26.3 Å². The van der Waals surface area contributed by atoms with Crippen molar-refractivity contribution in [2.75, 3.05) is 13.3 Å². The monoisotopic (exact) mass is 447 g/mol. The lowest BCUT2D eigenvalue weighted by Crippen LogP contribution is -2.33. The molecule has 0 bridgehead atoms. The highest BCUT2D eigenvalue weighted by Crippen LogP contribution is 2.55. The third-order valence-electron chi connectivity index (χ3n) is 6.19. The highest BCUT2D eigenvalue weighted by Gasteiger charge is 2.44. The Labute approximate surface area is 194 Å². The molecule has 3 heteroatoms. The van der Waals surface area contributed by atoms with Crippen molar-refractivity contribution in [3.8, 4) is 0 Å². The van der Waals surface area contributed by atoms with Crippen LogP contribution in [0.3, 0.4) is 0 Å². The second kappa shape index (κ2) is 13.2. The first-order chi connectivity index (χ1) is 15.8. The molecule has 0 heterocycles. The lowest BCUT2D eigenvalue weighted by atomic mass is 10.1. The third kappa shape index (κ3) is 6.53. The van der Waals surface area contributed by atoms with Crippen LogP contribution in [-0.4, -0.2) is 19.2 Å². The molecule has 3 aromatic carbocycles. The minimum Gasteiger partial charge on any atom is -0.469 e. The number of methoxy groups -OCH3 is 1. The summed E-state index contributed by atoms with van der Waals surface area (Å²) < 4.78 is 4.72. The van der Waals surface area contributed by atoms with E-state index in [1.807, 2.05) is 0 Å². The van der Waals surface area contributed by atoms with Crippen molar-refractivity contribution in [2.45, 2.75) is 51.4 Å². The predicted octanol–water partition coefficient (Wildman–Crippen LogP) is 6.27. The molecule has 0 aromatic heterocycles. The van der Waals surface area contributed by atoms with Crippen molar-refractivity contribution >= 4 is 29.1 Å². The Balaban J connectivity index is 1.67. The van der Waals surface area contributed by atoms with E-state index in [1.165, 1.54) is 61.3 Å². The summed E-state index contributed by atoms with van der Waals surface area (Å²) >= 11 is 0. The van der Waals surface area contributed by atoms with Gasteiger partial charge in [0.15, 0.2) is 0 Å². The molecule has 0 saturated heterocycles. The molecule has 168 valence electrons. The van der Waals surface area contributed by atoms with Gasteiger partial charge in [-0.05, 0) is 55.7 Å². The Kier molecular flexibility index (Phi) is 9.98. The zero-order valence-corrected chi connectivity index (χ0v) is 20.2. The highest BCUT2D eigenvalue weighted by molar-refractivity contribution is 7.95. The molecular formula is C29H36O2P+. The van der Waals surface area contributed by atoms with Gasteiger partial charge in [0.25, 0.3) is 0 Å². The summed E-state index contributed by atoms with van der Waals surface area (Å²) in [6, 6.07) is 33.4. The summed E-state index contributed by atoms with van der Waals surface area (Å²) in [6.45, 7) is 0. The average molecular weight is 448 g/mol. The summed E-state index contributed by atoms with van der Waals surface area (Å²) in [5.74, 6) is -0.0898. The fourth-order valence-corrected chi connectivity index (χ4v) is 8.90. The largest absolute Gasteiger partial charge is 0.469 e. The normalized spacial score (nSPS) is 11.3. The van der Waals surface area contributed by atoms with Crippen LogP contribution in [0.2, 0.25) is 0 Å². The number of esters is 1. The number of benzene rings is 3. The molecule has 2 nitrogen and oxygen atoms in total. The van der Waals surface area contributed by atoms with Gasteiger partial charge in [-0.3, -0.25) is 4.79 Å². The van der Waals surface area contributed by atoms with E-state index in [0.29, 0.717) is 6.42 Å². The molecular weight excluding hydrogens is 411 g/mol. The Bertz CT molecular complexity index is 813. The summed E-state index contributed by atoms with van der Waals surface area (Å²) in [6.07, 6.45) is 10.0. The van der Waals surface area contributed by atoms with E-state index in [2.05, 4.69) is 91.0 Å². The smallest absolute Gasteiger partial charge is 0.305 e. The molecule has 0 fully saturated rings. The second-order valence-electron chi connectivity index (χ2n) is 8.34. The standard InChI is InChI=1S/C29H36O2P/c1-31-29(30)24-16-5-3-2-4-6-17-25-32(26-18-10-7-11-19-26,27-20-12-8-13-21-27)28-22-14-9-15-23-28/h7-15,18-23H,2-6,16-17,24-25H2,1H3/q+1. The Morgan fingerprint density at radius 2 is 0.969 bits per heavy atom. The third-order valence-corrected chi connectivity index (χ3v) is 10.7. The van der Waals surface area contributed by atoms with E-state index >= 15 is 0 Å². The molecule has 3 aromatic rings. The van der Waals surface area contributed by atoms with Gasteiger partial charge < -0.3 is 4.74 Å². The Hall–Kier alpha value is -2.44. The molecule has 0 radical (unpaired) electrons. The number of carbonyl (C=O) groups excluding carboxylic acids is 1. The van der Waals surface area contributed by atoms with Gasteiger partial charge in [0.2, 0.25) is 0 Å². The van der Waals surface area contributed by atoms with Gasteiger partial charge in [0.05, 0.1) is 13.3 Å². The van der Waals surface area contributed by atoms with E-state index in [1.54, 1.807) is 0 Å². The first-order valence-electron chi connectivity index (χ1n) is 11.9. The summed E-state index contributed by atoms with van der Waals surface area (Å²) in [5.41, 5.74) is 0. The van der Waals surface area contributed by atoms with Crippen LogP contribution in [0.4, 0.5) is 0 Å². The van der Waals surface area contributed by atoms with Crippen molar-refractivity contribution in [3.63, 3.8) is 0 Å². The fourth-order valence-electron chi connectivity index (χ4n) is 4.49. The number of hydrogen-bond donors (Lipinski definition) is 0. The maximum Gasteiger partial charge on any atom is 0.305 e. The van der Waals surface area contributed by atoms with E-state index in [-0.39, 0.29) is 5.97 Å². The molecule has 0 atom stereocenters. The second-order valence-corrected chi connectivity index (χ2v) is 12.0. The molecule has 0 aliphatic rings. The SMILES string of the molecule is COC(=O)CCCCCCCCC[P+](c1ccccc1)(c1ccccc1)c1ccccc1. The van der Waals surface area contributed by atoms with Crippen LogP contribution in [0.5, 0.6) is 0 Å². The molecule has 0 aliphatic heterocycles. The van der Waals surface area contributed by atoms with Gasteiger partial charge in [-0.2, -0.15) is 0 Å². The van der Waals surface area contributed by atoms with E-state index in [4.69, 9.17) is 4.74 Å². The lowest BCUT2D eigenvalue weighted by Gasteiger charge is -2.27. The minimum absolute atomic E-state index is 0.0898. The lowest BCUT2D eigenvalue weighted by molar-refractivity contribution is -0.140. The minimum atomic E-state index is -1.69. The van der Waals surface area contributed by atoms with E-state index in [9.17, 15) is 4.79 Å². The zero-order chi connectivity index (χ0) is 22.5. The Morgan fingerprint density at radius 3 is 1.38 bits per heavy atom. The number of carbonyl (C=O) groups is 1. The van der Waals surface area contributed by atoms with Gasteiger partial charge in [-0.15, -0.1) is 0 Å². The summed E-state index contributed by atoms with van der Waals surface area (Å²) in [4.78, 5) is 11.2. The molecule has 3 rings (SSSR count). The number of unbranched alkanes of at least 4 members (excludes halogenated alkanes) is 6. The van der Waals surface area contributed by atoms with Crippen LogP contribution < -0.4 is 15.9 Å². The number of hydrogen-bond acceptors (Lipinski definition) is 2. The predicted molar refractivity (Wildman–Crippen MR) is 139 cm³/mol. The maximum absolute atomic E-state index is 11.2. The molecule has 0 spiro atoms. The van der Waals surface area contributed by atoms with Gasteiger partial charge >= 0.3 is 5.97 Å². The first kappa shape index (κ1) is 24.2. The molecule has 32 heavy (non-hydrogen) atoms. The van der Waals surface area contributed by atoms with Gasteiger partial charge in [0.1, 0.15) is 23.2 Å². The average Bonchev–Trinajstić information content (AvgIpc) is 2.87. The van der Waals surface area contributed by atoms with Crippen molar-refractivity contribution in [3.05, 3.63) is 91.0 Å². The van der Waals surface area contributed by atoms with Crippen LogP contribution in [0, 0.1) is 0 Å². The van der Waals surface area contributed by atoms with Crippen LogP contribution in [0.15, 0.2) is 91.0 Å². The van der Waals surface area contributed by atoms with Gasteiger partial charge in [-0.25, -0.2) is 0 Å². The van der Waals surface area contributed by atoms with Crippen LogP contribution in [-0.2, 0) is 9.53 Å². The van der Waals surface area contributed by atoms with Crippen molar-refractivity contribution in [1.82, 2.24) is 0 Å². The number of ether oxygens (including phenoxy) is 1. The van der Waals surface area contributed by atoms with Crippen molar-refractivity contribution in [2.24, 2.45) is 0 Å². The van der Waals surface area contributed by atoms with Crippen molar-refractivity contribution in [1.29, 1.82) is 0 Å². The van der Waals surface area contributed by atoms with Crippen molar-refractivity contribution < 1.29 is 9.53 Å². The molecule has 0 N–H and O–H groups in total. The van der Waals surface area contributed by atoms with Gasteiger partial charge in [-0.1, -0.05) is 80.3 Å². The summed E-state index contributed by atoms with van der Waals surface area (Å²) in [5, 5.41) is 4.42. The Morgan fingerprint density at radius 1 is 0.594 bits per heavy atom.